The molecule has 0 bridgehead atoms. The molecule has 4 heteroatoms. The molecule has 0 unspecified atom stereocenters. The molecule has 2 aromatic heterocycles. The van der Waals surface area contributed by atoms with Gasteiger partial charge in [-0.1, -0.05) is 315 Å². The van der Waals surface area contributed by atoms with Gasteiger partial charge in [0.1, 0.15) is 0 Å². The molecule has 0 N–H and O–H groups in total. The number of rotatable bonds is 12. The molecule has 2 heterocycles. The van der Waals surface area contributed by atoms with Gasteiger partial charge in [-0.15, -0.1) is 22.7 Å². The molecule has 100 heavy (non-hydrogen) atoms. The summed E-state index contributed by atoms with van der Waals surface area (Å²) >= 11 is 3.81. The summed E-state index contributed by atoms with van der Waals surface area (Å²) in [6.07, 6.45) is 0. The molecule has 2 nitrogen and oxygen atoms in total. The Labute approximate surface area is 590 Å². The highest BCUT2D eigenvalue weighted by Gasteiger charge is 2.21. The normalized spacial score (nSPS) is 11.4. The molecular weight excluding hydrogens is 1250 g/mol. The van der Waals surface area contributed by atoms with Gasteiger partial charge in [0.25, 0.3) is 0 Å². The summed E-state index contributed by atoms with van der Waals surface area (Å²) in [6.45, 7) is 0. The van der Waals surface area contributed by atoms with Crippen LogP contribution >= 0.6 is 22.7 Å². The van der Waals surface area contributed by atoms with E-state index in [0.717, 1.165) is 34.1 Å². The zero-order valence-corrected chi connectivity index (χ0v) is 56.3. The van der Waals surface area contributed by atoms with Crippen molar-refractivity contribution in [2.24, 2.45) is 0 Å². The van der Waals surface area contributed by atoms with Crippen LogP contribution in [0.25, 0.3) is 139 Å². The fourth-order valence-corrected chi connectivity index (χ4v) is 17.4. The lowest BCUT2D eigenvalue weighted by molar-refractivity contribution is 1.29. The number of hydrogen-bond donors (Lipinski definition) is 0. The van der Waals surface area contributed by atoms with Crippen LogP contribution in [-0.4, -0.2) is 0 Å². The average molecular weight is 1310 g/mol. The summed E-state index contributed by atoms with van der Waals surface area (Å²) in [5.74, 6) is 0. The van der Waals surface area contributed by atoms with E-state index in [1.807, 2.05) is 22.7 Å². The second kappa shape index (κ2) is 26.2. The van der Waals surface area contributed by atoms with Crippen molar-refractivity contribution in [1.29, 1.82) is 0 Å². The zero-order chi connectivity index (χ0) is 66.3. The van der Waals surface area contributed by atoms with E-state index in [2.05, 4.69) is 398 Å². The molecule has 0 amide bonds. The summed E-state index contributed by atoms with van der Waals surface area (Å²) in [5, 5.41) is 12.7. The first-order chi connectivity index (χ1) is 49.6. The van der Waals surface area contributed by atoms with Crippen LogP contribution in [0.5, 0.6) is 0 Å². The molecule has 0 aliphatic carbocycles. The number of benzene rings is 17. The first kappa shape index (κ1) is 60.0. The lowest BCUT2D eigenvalue weighted by Gasteiger charge is -2.26. The van der Waals surface area contributed by atoms with Gasteiger partial charge in [0.15, 0.2) is 0 Å². The van der Waals surface area contributed by atoms with E-state index >= 15 is 0 Å². The van der Waals surface area contributed by atoms with E-state index in [4.69, 9.17) is 0 Å². The molecule has 0 aliphatic rings. The second-order valence-corrected chi connectivity index (χ2v) is 27.5. The zero-order valence-electron chi connectivity index (χ0n) is 54.7. The molecule has 0 saturated heterocycles. The van der Waals surface area contributed by atoms with Gasteiger partial charge in [0.05, 0.1) is 0 Å². The van der Waals surface area contributed by atoms with E-state index in [1.54, 1.807) is 0 Å². The summed E-state index contributed by atoms with van der Waals surface area (Å²) < 4.78 is 5.29. The van der Waals surface area contributed by atoms with E-state index in [1.165, 1.54) is 139 Å². The van der Waals surface area contributed by atoms with Crippen LogP contribution < -0.4 is 9.80 Å². The van der Waals surface area contributed by atoms with Crippen LogP contribution in [0.1, 0.15) is 0 Å². The van der Waals surface area contributed by atoms with Crippen molar-refractivity contribution < 1.29 is 0 Å². The Hall–Kier alpha value is -12.4. The standard InChI is InChI=1S/C50H33NS.C46H31NS/c1-2-12-34(13-3-1)36-26-29-40(30-27-36)51(42-31-28-35-14-4-5-16-38(35)32-42)41-19-8-18-39(33-41)44-21-10-24-47-48-25-11-23-46(50(48)52-49(44)47)45-22-9-17-37-15-6-7-20-43(37)45;1-3-12-32(13-4-1)34-24-27-38(28-25-34)47(40-29-26-33-14-7-8-17-36(33)30-40)39-19-9-18-37(31-39)42-21-11-23-44-43-22-10-20-41(45(43)48-46(42)44)35-15-5-2-6-16-35/h1-33H;1-31H. The Balaban J connectivity index is 0.000000145. The monoisotopic (exact) mass is 1310 g/mol. The van der Waals surface area contributed by atoms with Gasteiger partial charge in [-0.2, -0.15) is 0 Å². The predicted molar refractivity (Wildman–Crippen MR) is 433 cm³/mol. The molecule has 470 valence electrons. The minimum atomic E-state index is 1.12. The van der Waals surface area contributed by atoms with Crippen LogP contribution in [0.15, 0.2) is 388 Å². The Kier molecular flexibility index (Phi) is 15.7. The van der Waals surface area contributed by atoms with Crippen LogP contribution in [0.2, 0.25) is 0 Å². The van der Waals surface area contributed by atoms with Gasteiger partial charge < -0.3 is 9.80 Å². The van der Waals surface area contributed by atoms with Crippen molar-refractivity contribution in [2.45, 2.75) is 0 Å². The minimum Gasteiger partial charge on any atom is -0.310 e. The van der Waals surface area contributed by atoms with Gasteiger partial charge in [-0.05, 0) is 166 Å². The molecule has 19 aromatic rings. The molecule has 0 radical (unpaired) electrons. The summed E-state index contributed by atoms with van der Waals surface area (Å²) in [6, 6.07) is 141. The van der Waals surface area contributed by atoms with Gasteiger partial charge in [-0.3, -0.25) is 0 Å². The Morgan fingerprint density at radius 1 is 0.150 bits per heavy atom. The van der Waals surface area contributed by atoms with E-state index < -0.39 is 0 Å². The summed E-state index contributed by atoms with van der Waals surface area (Å²) in [4.78, 5) is 4.76. The fourth-order valence-electron chi connectivity index (χ4n) is 14.6. The molecule has 0 aliphatic heterocycles. The Morgan fingerprint density at radius 3 is 0.900 bits per heavy atom. The van der Waals surface area contributed by atoms with Gasteiger partial charge in [0.2, 0.25) is 0 Å². The van der Waals surface area contributed by atoms with E-state index in [0.29, 0.717) is 0 Å². The van der Waals surface area contributed by atoms with Gasteiger partial charge in [0, 0.05) is 80.0 Å². The number of thiophene rings is 2. The highest BCUT2D eigenvalue weighted by atomic mass is 32.1. The third-order valence-corrected chi connectivity index (χ3v) is 22.1. The predicted octanol–water partition coefficient (Wildman–Crippen LogP) is 28.5. The van der Waals surface area contributed by atoms with Gasteiger partial charge in [-0.25, -0.2) is 0 Å². The SMILES string of the molecule is c1ccc(-c2ccc(N(c3cccc(-c4cccc5c4sc4c(-c6cccc7ccccc67)cccc45)c3)c3ccc4ccccc4c3)cc2)cc1.c1ccc(-c2ccc(N(c3cccc(-c4cccc5c4sc4c(-c6ccccc6)cccc45)c3)c3ccc4ccccc4c3)cc2)cc1. The highest BCUT2D eigenvalue weighted by Crippen LogP contribution is 2.49. The fraction of sp³-hybridized carbons (Fsp3) is 0. The molecule has 0 saturated carbocycles. The van der Waals surface area contributed by atoms with Crippen molar-refractivity contribution in [2.75, 3.05) is 9.80 Å². The quantitative estimate of drug-likeness (QED) is 0.120. The third-order valence-electron chi connectivity index (χ3n) is 19.5. The van der Waals surface area contributed by atoms with Crippen LogP contribution in [0.4, 0.5) is 34.1 Å². The largest absolute Gasteiger partial charge is 0.310 e. The molecule has 0 atom stereocenters. The maximum absolute atomic E-state index is 2.38. The van der Waals surface area contributed by atoms with Crippen molar-refractivity contribution in [3.63, 3.8) is 0 Å². The third kappa shape index (κ3) is 11.3. The first-order valence-electron chi connectivity index (χ1n) is 34.1. The summed E-state index contributed by atoms with van der Waals surface area (Å²) in [7, 11) is 0. The van der Waals surface area contributed by atoms with Crippen molar-refractivity contribution in [3.05, 3.63) is 388 Å². The maximum atomic E-state index is 2.38. The van der Waals surface area contributed by atoms with Gasteiger partial charge >= 0.3 is 0 Å². The lowest BCUT2D eigenvalue weighted by Crippen LogP contribution is -2.10. The molecule has 0 spiro atoms. The van der Waals surface area contributed by atoms with Crippen molar-refractivity contribution >= 4 is 129 Å². The van der Waals surface area contributed by atoms with Crippen molar-refractivity contribution in [1.82, 2.24) is 0 Å². The smallest absolute Gasteiger partial charge is 0.0468 e. The van der Waals surface area contributed by atoms with Crippen molar-refractivity contribution in [3.8, 4) is 66.8 Å². The highest BCUT2D eigenvalue weighted by molar-refractivity contribution is 7.27. The Bertz CT molecular complexity index is 6210. The Morgan fingerprint density at radius 2 is 0.440 bits per heavy atom. The minimum absolute atomic E-state index is 1.12. The summed E-state index contributed by atoms with van der Waals surface area (Å²) in [5.41, 5.74) is 21.6. The van der Waals surface area contributed by atoms with Crippen LogP contribution in [0, 0.1) is 0 Å². The second-order valence-electron chi connectivity index (χ2n) is 25.5. The number of hydrogen-bond acceptors (Lipinski definition) is 4. The molecule has 17 aromatic carbocycles. The first-order valence-corrected chi connectivity index (χ1v) is 35.7. The maximum Gasteiger partial charge on any atom is 0.0468 e. The number of fused-ring (bicyclic) bond motifs is 9. The number of anilines is 6. The van der Waals surface area contributed by atoms with Crippen LogP contribution in [0.3, 0.4) is 0 Å². The van der Waals surface area contributed by atoms with E-state index in [9.17, 15) is 0 Å². The topological polar surface area (TPSA) is 6.48 Å². The molecule has 19 rings (SSSR count). The van der Waals surface area contributed by atoms with Crippen LogP contribution in [-0.2, 0) is 0 Å². The van der Waals surface area contributed by atoms with E-state index in [-0.39, 0.29) is 0 Å². The average Bonchev–Trinajstić information content (AvgIpc) is 1.58. The lowest BCUT2D eigenvalue weighted by atomic mass is 9.96. The number of nitrogens with zero attached hydrogens (tertiary/aromatic N) is 2. The molecule has 0 fully saturated rings. The molecular formula is C96H64N2S2.